The van der Waals surface area contributed by atoms with Crippen LogP contribution in [0.25, 0.3) is 0 Å². The van der Waals surface area contributed by atoms with Crippen LogP contribution in [0.15, 0.2) is 23.3 Å². The van der Waals surface area contributed by atoms with E-state index in [1.54, 1.807) is 0 Å². The van der Waals surface area contributed by atoms with Crippen molar-refractivity contribution in [2.75, 3.05) is 0 Å². The summed E-state index contributed by atoms with van der Waals surface area (Å²) in [6, 6.07) is 0. The highest BCUT2D eigenvalue weighted by atomic mass is 14.1. The molecule has 0 aromatic heterocycles. The van der Waals surface area contributed by atoms with E-state index in [2.05, 4.69) is 46.8 Å². The Kier molecular flexibility index (Phi) is 15.0. The average Bonchev–Trinajstić information content (AvgIpc) is 2.31. The lowest BCUT2D eigenvalue weighted by Gasteiger charge is -2.15. The van der Waals surface area contributed by atoms with Gasteiger partial charge in [0.25, 0.3) is 0 Å². The molecule has 1 fully saturated rings. The fourth-order valence-corrected chi connectivity index (χ4v) is 1.64. The fourth-order valence-electron chi connectivity index (χ4n) is 1.64. The van der Waals surface area contributed by atoms with Crippen molar-refractivity contribution in [3.8, 4) is 0 Å². The summed E-state index contributed by atoms with van der Waals surface area (Å²) in [5, 5.41) is 0. The number of hydrogen-bond donors (Lipinski definition) is 0. The van der Waals surface area contributed by atoms with Gasteiger partial charge in [-0.15, -0.1) is 0 Å². The maximum absolute atomic E-state index is 2.36. The molecule has 0 aromatic rings. The molecule has 0 atom stereocenters. The molecule has 0 amide bonds. The highest BCUT2D eigenvalue weighted by Crippen LogP contribution is 2.22. The molecule has 0 nitrogen and oxygen atoms in total. The van der Waals surface area contributed by atoms with Crippen LogP contribution in [0, 0.1) is 5.92 Å². The van der Waals surface area contributed by atoms with Crippen molar-refractivity contribution in [2.24, 2.45) is 5.92 Å². The Morgan fingerprint density at radius 2 is 1.12 bits per heavy atom. The molecule has 102 valence electrons. The van der Waals surface area contributed by atoms with Gasteiger partial charge in [-0.2, -0.15) is 0 Å². The molecule has 17 heavy (non-hydrogen) atoms. The Bertz CT molecular complexity index is 178. The maximum Gasteiger partial charge on any atom is -0.0439 e. The molecule has 0 spiro atoms. The third-order valence-electron chi connectivity index (χ3n) is 2.64. The molecule has 0 unspecified atom stereocenters. The lowest BCUT2D eigenvalue weighted by atomic mass is 9.91. The highest BCUT2D eigenvalue weighted by Gasteiger charge is 2.05. The van der Waals surface area contributed by atoms with E-state index in [0.29, 0.717) is 0 Å². The van der Waals surface area contributed by atoms with Gasteiger partial charge in [0.05, 0.1) is 0 Å². The Morgan fingerprint density at radius 3 is 1.29 bits per heavy atom. The molecule has 0 heterocycles. The zero-order valence-corrected chi connectivity index (χ0v) is 13.3. The van der Waals surface area contributed by atoms with Crippen LogP contribution in [0.5, 0.6) is 0 Å². The first-order chi connectivity index (χ1) is 8.02. The molecular weight excluding hydrogens is 204 g/mol. The largest absolute Gasteiger partial charge is 0.0764 e. The SMILES string of the molecule is CC.CC(C)=CC=C(C)C.CC1CCCCC1. The van der Waals surface area contributed by atoms with Crippen LogP contribution >= 0.6 is 0 Å². The van der Waals surface area contributed by atoms with E-state index in [9.17, 15) is 0 Å². The van der Waals surface area contributed by atoms with Crippen molar-refractivity contribution in [2.45, 2.75) is 80.6 Å². The standard InChI is InChI=1S/C8H14.C7H14.C2H6/c1-7(2)5-6-8(3)4;1-7-5-3-2-4-6-7;1-2/h5-6H,1-4H3;7H,2-6H2,1H3;1-2H3. The topological polar surface area (TPSA) is 0 Å². The lowest BCUT2D eigenvalue weighted by molar-refractivity contribution is 0.385. The fraction of sp³-hybridized carbons (Fsp3) is 0.765. The van der Waals surface area contributed by atoms with Crippen molar-refractivity contribution >= 4 is 0 Å². The van der Waals surface area contributed by atoms with E-state index in [-0.39, 0.29) is 0 Å². The van der Waals surface area contributed by atoms with Crippen molar-refractivity contribution in [3.63, 3.8) is 0 Å². The van der Waals surface area contributed by atoms with Gasteiger partial charge in [0.15, 0.2) is 0 Å². The first-order valence-electron chi connectivity index (χ1n) is 7.30. The maximum atomic E-state index is 2.36. The second-order valence-electron chi connectivity index (χ2n) is 5.23. The normalized spacial score (nSPS) is 14.5. The summed E-state index contributed by atoms with van der Waals surface area (Å²) in [6.45, 7) is 14.7. The molecule has 0 heteroatoms. The molecule has 1 rings (SSSR count). The van der Waals surface area contributed by atoms with E-state index >= 15 is 0 Å². The zero-order valence-electron chi connectivity index (χ0n) is 13.3. The molecule has 0 N–H and O–H groups in total. The molecule has 0 bridgehead atoms. The van der Waals surface area contributed by atoms with Gasteiger partial charge in [-0.1, -0.05) is 76.2 Å². The van der Waals surface area contributed by atoms with Crippen LogP contribution in [-0.2, 0) is 0 Å². The van der Waals surface area contributed by atoms with E-state index in [1.807, 2.05) is 13.8 Å². The monoisotopic (exact) mass is 238 g/mol. The third kappa shape index (κ3) is 18.1. The first-order valence-corrected chi connectivity index (χ1v) is 7.30. The van der Waals surface area contributed by atoms with Crippen LogP contribution in [-0.4, -0.2) is 0 Å². The van der Waals surface area contributed by atoms with Gasteiger partial charge >= 0.3 is 0 Å². The van der Waals surface area contributed by atoms with Crippen molar-refractivity contribution in [1.29, 1.82) is 0 Å². The predicted molar refractivity (Wildman–Crippen MR) is 82.5 cm³/mol. The van der Waals surface area contributed by atoms with Crippen LogP contribution in [0.1, 0.15) is 80.6 Å². The highest BCUT2D eigenvalue weighted by molar-refractivity contribution is 5.12. The summed E-state index contributed by atoms with van der Waals surface area (Å²) in [6.07, 6.45) is 11.7. The first kappa shape index (κ1) is 18.8. The number of allylic oxidation sites excluding steroid dienone is 4. The van der Waals surface area contributed by atoms with Crippen molar-refractivity contribution in [1.82, 2.24) is 0 Å². The molecular formula is C17H34. The summed E-state index contributed by atoms with van der Waals surface area (Å²) in [7, 11) is 0. The summed E-state index contributed by atoms with van der Waals surface area (Å²) in [4.78, 5) is 0. The predicted octanol–water partition coefficient (Wildman–Crippen LogP) is 6.53. The minimum atomic E-state index is 1.04. The Hall–Kier alpha value is -0.520. The van der Waals surface area contributed by atoms with Crippen LogP contribution in [0.2, 0.25) is 0 Å². The van der Waals surface area contributed by atoms with Gasteiger partial charge in [-0.05, 0) is 33.6 Å². The quantitative estimate of drug-likeness (QED) is 0.455. The Morgan fingerprint density at radius 1 is 0.765 bits per heavy atom. The van der Waals surface area contributed by atoms with Crippen LogP contribution < -0.4 is 0 Å². The number of rotatable bonds is 1. The Labute approximate surface area is 110 Å². The molecule has 0 radical (unpaired) electrons. The van der Waals surface area contributed by atoms with Crippen LogP contribution in [0.3, 0.4) is 0 Å². The molecule has 0 aliphatic heterocycles. The van der Waals surface area contributed by atoms with Gasteiger partial charge in [-0.25, -0.2) is 0 Å². The van der Waals surface area contributed by atoms with Gasteiger partial charge in [0.2, 0.25) is 0 Å². The van der Waals surface area contributed by atoms with Gasteiger partial charge < -0.3 is 0 Å². The van der Waals surface area contributed by atoms with Gasteiger partial charge in [-0.3, -0.25) is 0 Å². The molecule has 0 aromatic carbocycles. The van der Waals surface area contributed by atoms with Crippen molar-refractivity contribution < 1.29 is 0 Å². The Balaban J connectivity index is 0. The lowest BCUT2D eigenvalue weighted by Crippen LogP contribution is -1.99. The molecule has 1 aliphatic rings. The zero-order chi connectivity index (χ0) is 13.7. The second kappa shape index (κ2) is 13.5. The summed E-state index contributed by atoms with van der Waals surface area (Å²) in [5.74, 6) is 1.04. The van der Waals surface area contributed by atoms with Crippen molar-refractivity contribution in [3.05, 3.63) is 23.3 Å². The molecule has 1 aliphatic carbocycles. The van der Waals surface area contributed by atoms with Gasteiger partial charge in [0.1, 0.15) is 0 Å². The minimum Gasteiger partial charge on any atom is -0.0764 e. The smallest absolute Gasteiger partial charge is 0.0439 e. The molecule has 1 saturated carbocycles. The second-order valence-corrected chi connectivity index (χ2v) is 5.23. The van der Waals surface area contributed by atoms with E-state index in [0.717, 1.165) is 5.92 Å². The average molecular weight is 238 g/mol. The number of hydrogen-bond acceptors (Lipinski definition) is 0. The summed E-state index contributed by atoms with van der Waals surface area (Å²) < 4.78 is 0. The van der Waals surface area contributed by atoms with Gasteiger partial charge in [0, 0.05) is 0 Å². The minimum absolute atomic E-state index is 1.04. The molecule has 0 saturated heterocycles. The van der Waals surface area contributed by atoms with E-state index in [1.165, 1.54) is 43.3 Å². The third-order valence-corrected chi connectivity index (χ3v) is 2.64. The van der Waals surface area contributed by atoms with Crippen LogP contribution in [0.4, 0.5) is 0 Å². The summed E-state index contributed by atoms with van der Waals surface area (Å²) in [5.41, 5.74) is 2.71. The summed E-state index contributed by atoms with van der Waals surface area (Å²) >= 11 is 0. The van der Waals surface area contributed by atoms with E-state index < -0.39 is 0 Å². The van der Waals surface area contributed by atoms with E-state index in [4.69, 9.17) is 0 Å².